The van der Waals surface area contributed by atoms with E-state index in [2.05, 4.69) is 0 Å². The fourth-order valence-corrected chi connectivity index (χ4v) is 3.20. The van der Waals surface area contributed by atoms with Gasteiger partial charge in [-0.15, -0.1) is 0 Å². The maximum Gasteiger partial charge on any atom is 0.252 e. The van der Waals surface area contributed by atoms with Crippen LogP contribution in [0.15, 0.2) is 0 Å². The Labute approximate surface area is 155 Å². The van der Waals surface area contributed by atoms with Gasteiger partial charge in [0.2, 0.25) is 5.91 Å². The molecule has 4 atom stereocenters. The van der Waals surface area contributed by atoms with Crippen LogP contribution >= 0.6 is 0 Å². The Morgan fingerprint density at radius 2 is 1.31 bits per heavy atom. The first-order valence-corrected chi connectivity index (χ1v) is 9.48. The summed E-state index contributed by atoms with van der Waals surface area (Å²) in [6.45, 7) is 3.99. The number of nitrogens with two attached hydrogens (primary N) is 2. The number of aliphatic hydroxyl groups is 4. The highest BCUT2D eigenvalue weighted by atomic mass is 16.4. The molecular weight excluding hydrogens is 340 g/mol. The molecule has 26 heavy (non-hydrogen) atoms. The van der Waals surface area contributed by atoms with Gasteiger partial charge in [0.05, 0.1) is 0 Å². The van der Waals surface area contributed by atoms with Crippen molar-refractivity contribution >= 4 is 11.8 Å². The summed E-state index contributed by atoms with van der Waals surface area (Å²) in [5, 5.41) is 42.2. The van der Waals surface area contributed by atoms with Crippen LogP contribution in [0.2, 0.25) is 0 Å². The van der Waals surface area contributed by atoms with Crippen LogP contribution in [0.5, 0.6) is 0 Å². The summed E-state index contributed by atoms with van der Waals surface area (Å²) < 4.78 is 0. The average molecular weight is 376 g/mol. The van der Waals surface area contributed by atoms with Gasteiger partial charge in [-0.3, -0.25) is 9.59 Å². The topological polar surface area (TPSA) is 167 Å². The van der Waals surface area contributed by atoms with Crippen LogP contribution < -0.4 is 11.5 Å². The first kappa shape index (κ1) is 24.8. The number of amides is 2. The molecule has 0 radical (unpaired) electrons. The third kappa shape index (κ3) is 6.19. The third-order valence-electron chi connectivity index (χ3n) is 5.01. The Kier molecular flexibility index (Phi) is 10.9. The van der Waals surface area contributed by atoms with E-state index in [0.717, 1.165) is 25.7 Å². The number of hydrogen-bond donors (Lipinski definition) is 6. The highest BCUT2D eigenvalue weighted by molar-refractivity contribution is 5.85. The molecule has 154 valence electrons. The summed E-state index contributed by atoms with van der Waals surface area (Å²) in [5.41, 5.74) is 5.41. The average Bonchev–Trinajstić information content (AvgIpc) is 2.60. The van der Waals surface area contributed by atoms with E-state index in [4.69, 9.17) is 11.5 Å². The van der Waals surface area contributed by atoms with Crippen LogP contribution in [-0.2, 0) is 9.59 Å². The van der Waals surface area contributed by atoms with Crippen LogP contribution in [0.1, 0.15) is 78.1 Å². The zero-order valence-electron chi connectivity index (χ0n) is 16.0. The van der Waals surface area contributed by atoms with Crippen LogP contribution in [0.3, 0.4) is 0 Å². The fourth-order valence-electron chi connectivity index (χ4n) is 3.20. The van der Waals surface area contributed by atoms with E-state index in [-0.39, 0.29) is 12.8 Å². The molecule has 8 nitrogen and oxygen atoms in total. The summed E-state index contributed by atoms with van der Waals surface area (Å²) in [5.74, 6) is -2.47. The number of unbranched alkanes of at least 4 members (excludes halogenated alkanes) is 6. The summed E-state index contributed by atoms with van der Waals surface area (Å²) in [6, 6.07) is 0. The lowest BCUT2D eigenvalue weighted by Crippen LogP contribution is -2.70. The number of primary amides is 2. The molecule has 0 spiro atoms. The number of carbonyl (C=O) groups excluding carboxylic acids is 2. The van der Waals surface area contributed by atoms with E-state index in [1.165, 1.54) is 0 Å². The van der Waals surface area contributed by atoms with Gasteiger partial charge in [0.1, 0.15) is 11.7 Å². The SMILES string of the molecule is CCCCCCC(O)(C(N)=O)C(O)(CCCCCC)C(O)C(O)C(N)=O. The van der Waals surface area contributed by atoms with Gasteiger partial charge in [-0.25, -0.2) is 0 Å². The fraction of sp³-hybridized carbons (Fsp3) is 0.889. The first-order valence-electron chi connectivity index (χ1n) is 9.48. The molecule has 0 aromatic rings. The van der Waals surface area contributed by atoms with Crippen molar-refractivity contribution in [3.8, 4) is 0 Å². The lowest BCUT2D eigenvalue weighted by Gasteiger charge is -2.45. The number of aliphatic hydroxyl groups excluding tert-OH is 2. The van der Waals surface area contributed by atoms with Crippen LogP contribution in [0, 0.1) is 0 Å². The third-order valence-corrected chi connectivity index (χ3v) is 5.01. The minimum Gasteiger partial charge on any atom is -0.387 e. The smallest absolute Gasteiger partial charge is 0.252 e. The Morgan fingerprint density at radius 1 is 0.846 bits per heavy atom. The number of hydrogen-bond acceptors (Lipinski definition) is 6. The largest absolute Gasteiger partial charge is 0.387 e. The zero-order chi connectivity index (χ0) is 20.4. The second-order valence-electron chi connectivity index (χ2n) is 7.06. The number of rotatable bonds is 15. The van der Waals surface area contributed by atoms with Crippen molar-refractivity contribution in [1.82, 2.24) is 0 Å². The predicted octanol–water partition coefficient (Wildman–Crippen LogP) is 0.0818. The molecule has 0 heterocycles. The molecule has 0 aromatic carbocycles. The van der Waals surface area contributed by atoms with E-state index in [1.807, 2.05) is 13.8 Å². The van der Waals surface area contributed by atoms with E-state index < -0.39 is 35.2 Å². The Bertz CT molecular complexity index is 447. The lowest BCUT2D eigenvalue weighted by atomic mass is 9.70. The standard InChI is InChI=1S/C18H36N2O6/c1-3-5-7-9-11-17(25,14(22)13(21)15(19)23)18(26,16(20)24)12-10-8-6-4-2/h13-14,21-22,25-26H,3-12H2,1-2H3,(H2,19,23)(H2,20,24). The molecule has 0 aliphatic heterocycles. The molecule has 0 saturated heterocycles. The number of carbonyl (C=O) groups is 2. The molecule has 4 unspecified atom stereocenters. The summed E-state index contributed by atoms with van der Waals surface area (Å²) >= 11 is 0. The van der Waals surface area contributed by atoms with E-state index in [1.54, 1.807) is 0 Å². The van der Waals surface area contributed by atoms with E-state index in [9.17, 15) is 30.0 Å². The second kappa shape index (κ2) is 11.5. The normalized spacial score (nSPS) is 18.5. The van der Waals surface area contributed by atoms with Crippen molar-refractivity contribution in [3.05, 3.63) is 0 Å². The lowest BCUT2D eigenvalue weighted by molar-refractivity contribution is -0.224. The van der Waals surface area contributed by atoms with E-state index in [0.29, 0.717) is 25.7 Å². The summed E-state index contributed by atoms with van der Waals surface area (Å²) in [6.07, 6.45) is 1.07. The minimum absolute atomic E-state index is 0.185. The van der Waals surface area contributed by atoms with Crippen molar-refractivity contribution in [2.45, 2.75) is 101 Å². The van der Waals surface area contributed by atoms with Gasteiger partial charge in [-0.05, 0) is 19.3 Å². The maximum atomic E-state index is 12.0. The van der Waals surface area contributed by atoms with Gasteiger partial charge in [-0.2, -0.15) is 0 Å². The van der Waals surface area contributed by atoms with Crippen LogP contribution in [0.25, 0.3) is 0 Å². The summed E-state index contributed by atoms with van der Waals surface area (Å²) in [4.78, 5) is 23.3. The molecule has 8 N–H and O–H groups in total. The van der Waals surface area contributed by atoms with Crippen molar-refractivity contribution in [2.75, 3.05) is 0 Å². The molecule has 0 aliphatic carbocycles. The molecular formula is C18H36N2O6. The van der Waals surface area contributed by atoms with Gasteiger partial charge in [0.25, 0.3) is 5.91 Å². The van der Waals surface area contributed by atoms with Crippen LogP contribution in [-0.4, -0.2) is 55.7 Å². The molecule has 0 saturated carbocycles. The minimum atomic E-state index is -2.48. The maximum absolute atomic E-state index is 12.0. The van der Waals surface area contributed by atoms with E-state index >= 15 is 0 Å². The molecule has 2 amide bonds. The Morgan fingerprint density at radius 3 is 1.69 bits per heavy atom. The first-order chi connectivity index (χ1) is 12.1. The molecule has 0 rings (SSSR count). The van der Waals surface area contributed by atoms with Crippen molar-refractivity contribution < 1.29 is 30.0 Å². The van der Waals surface area contributed by atoms with Crippen molar-refractivity contribution in [1.29, 1.82) is 0 Å². The molecule has 0 aliphatic rings. The molecule has 0 bridgehead atoms. The zero-order valence-corrected chi connectivity index (χ0v) is 16.0. The monoisotopic (exact) mass is 376 g/mol. The molecule has 0 aromatic heterocycles. The summed E-state index contributed by atoms with van der Waals surface area (Å²) in [7, 11) is 0. The molecule has 8 heteroatoms. The van der Waals surface area contributed by atoms with Gasteiger partial charge in [-0.1, -0.05) is 58.8 Å². The predicted molar refractivity (Wildman–Crippen MR) is 97.8 cm³/mol. The van der Waals surface area contributed by atoms with Gasteiger partial charge in [0, 0.05) is 0 Å². The van der Waals surface area contributed by atoms with Crippen molar-refractivity contribution in [3.63, 3.8) is 0 Å². The van der Waals surface area contributed by atoms with Crippen LogP contribution in [0.4, 0.5) is 0 Å². The Hall–Kier alpha value is -1.22. The van der Waals surface area contributed by atoms with Gasteiger partial charge >= 0.3 is 0 Å². The highest BCUT2D eigenvalue weighted by Gasteiger charge is 2.59. The Balaban J connectivity index is 5.63. The quantitative estimate of drug-likeness (QED) is 0.221. The van der Waals surface area contributed by atoms with Crippen molar-refractivity contribution in [2.24, 2.45) is 11.5 Å². The van der Waals surface area contributed by atoms with Gasteiger partial charge in [0.15, 0.2) is 11.7 Å². The highest BCUT2D eigenvalue weighted by Crippen LogP contribution is 2.37. The van der Waals surface area contributed by atoms with Gasteiger partial charge < -0.3 is 31.9 Å². The molecule has 0 fully saturated rings. The second-order valence-corrected chi connectivity index (χ2v) is 7.06.